The SMILES string of the molecule is CC(=O)N1CCC(N2CCC(Oc3cc(Cl)ccc3C(=O)N3CCCCC3)CC2)CC1. The van der Waals surface area contributed by atoms with E-state index in [1.165, 1.54) is 6.42 Å². The van der Waals surface area contributed by atoms with Gasteiger partial charge >= 0.3 is 0 Å². The highest BCUT2D eigenvalue weighted by atomic mass is 35.5. The Bertz CT molecular complexity index is 780. The quantitative estimate of drug-likeness (QED) is 0.704. The van der Waals surface area contributed by atoms with Gasteiger partial charge in [-0.25, -0.2) is 0 Å². The molecular weight excluding hydrogens is 414 g/mol. The molecule has 0 saturated carbocycles. The first kappa shape index (κ1) is 22.4. The Labute approximate surface area is 190 Å². The van der Waals surface area contributed by atoms with Crippen LogP contribution in [-0.2, 0) is 4.79 Å². The molecule has 0 atom stereocenters. The summed E-state index contributed by atoms with van der Waals surface area (Å²) in [5, 5.41) is 0.597. The maximum atomic E-state index is 13.1. The smallest absolute Gasteiger partial charge is 0.257 e. The Morgan fingerprint density at radius 1 is 0.903 bits per heavy atom. The zero-order valence-electron chi connectivity index (χ0n) is 18.5. The number of piperidine rings is 3. The second-order valence-corrected chi connectivity index (χ2v) is 9.52. The summed E-state index contributed by atoms with van der Waals surface area (Å²) in [5.74, 6) is 0.860. The molecule has 6 nitrogen and oxygen atoms in total. The molecule has 170 valence electrons. The molecule has 2 amide bonds. The first-order valence-corrected chi connectivity index (χ1v) is 12.1. The molecule has 3 aliphatic heterocycles. The lowest BCUT2D eigenvalue weighted by Crippen LogP contribution is -2.49. The van der Waals surface area contributed by atoms with E-state index in [4.69, 9.17) is 16.3 Å². The average molecular weight is 448 g/mol. The van der Waals surface area contributed by atoms with Crippen molar-refractivity contribution in [3.05, 3.63) is 28.8 Å². The third-order valence-corrected chi connectivity index (χ3v) is 7.25. The van der Waals surface area contributed by atoms with Crippen LogP contribution in [0.1, 0.15) is 62.2 Å². The molecule has 0 aromatic heterocycles. The lowest BCUT2D eigenvalue weighted by atomic mass is 9.98. The summed E-state index contributed by atoms with van der Waals surface area (Å²) >= 11 is 6.24. The monoisotopic (exact) mass is 447 g/mol. The number of nitrogens with zero attached hydrogens (tertiary/aromatic N) is 3. The number of ether oxygens (including phenoxy) is 1. The van der Waals surface area contributed by atoms with Crippen molar-refractivity contribution >= 4 is 23.4 Å². The van der Waals surface area contributed by atoms with Gasteiger partial charge in [-0.15, -0.1) is 0 Å². The molecule has 3 fully saturated rings. The zero-order chi connectivity index (χ0) is 21.8. The normalized spacial score (nSPS) is 21.9. The summed E-state index contributed by atoms with van der Waals surface area (Å²) in [6, 6.07) is 5.94. The average Bonchev–Trinajstić information content (AvgIpc) is 2.80. The molecule has 1 aromatic rings. The third-order valence-electron chi connectivity index (χ3n) is 7.01. The van der Waals surface area contributed by atoms with Gasteiger partial charge in [-0.2, -0.15) is 0 Å². The molecule has 31 heavy (non-hydrogen) atoms. The van der Waals surface area contributed by atoms with E-state index >= 15 is 0 Å². The minimum absolute atomic E-state index is 0.0565. The molecule has 3 saturated heterocycles. The Morgan fingerprint density at radius 2 is 1.58 bits per heavy atom. The number of likely N-dealkylation sites (tertiary alicyclic amines) is 3. The number of rotatable bonds is 4. The van der Waals surface area contributed by atoms with E-state index in [1.54, 1.807) is 19.1 Å². The summed E-state index contributed by atoms with van der Waals surface area (Å²) in [4.78, 5) is 31.1. The molecular formula is C24H34ClN3O3. The second kappa shape index (κ2) is 10.2. The second-order valence-electron chi connectivity index (χ2n) is 9.08. The topological polar surface area (TPSA) is 53.1 Å². The molecule has 0 bridgehead atoms. The van der Waals surface area contributed by atoms with Gasteiger partial charge in [-0.1, -0.05) is 11.6 Å². The van der Waals surface area contributed by atoms with E-state index in [-0.39, 0.29) is 17.9 Å². The maximum Gasteiger partial charge on any atom is 0.257 e. The molecule has 3 heterocycles. The molecule has 7 heteroatoms. The van der Waals surface area contributed by atoms with Gasteiger partial charge in [-0.05, 0) is 63.1 Å². The fraction of sp³-hybridized carbons (Fsp3) is 0.667. The highest BCUT2D eigenvalue weighted by molar-refractivity contribution is 6.30. The number of hydrogen-bond donors (Lipinski definition) is 0. The van der Waals surface area contributed by atoms with Crippen molar-refractivity contribution in [3.8, 4) is 5.75 Å². The largest absolute Gasteiger partial charge is 0.489 e. The molecule has 3 aliphatic rings. The lowest BCUT2D eigenvalue weighted by molar-refractivity contribution is -0.130. The fourth-order valence-electron chi connectivity index (χ4n) is 5.12. The summed E-state index contributed by atoms with van der Waals surface area (Å²) in [5.41, 5.74) is 0.630. The van der Waals surface area contributed by atoms with Crippen LogP contribution in [0.5, 0.6) is 5.75 Å². The summed E-state index contributed by atoms with van der Waals surface area (Å²) < 4.78 is 6.35. The highest BCUT2D eigenvalue weighted by Gasteiger charge is 2.30. The van der Waals surface area contributed by atoms with Gasteiger partial charge in [0.05, 0.1) is 5.56 Å². The Kier molecular flexibility index (Phi) is 7.39. The summed E-state index contributed by atoms with van der Waals surface area (Å²) in [7, 11) is 0. The fourth-order valence-corrected chi connectivity index (χ4v) is 5.28. The highest BCUT2D eigenvalue weighted by Crippen LogP contribution is 2.30. The van der Waals surface area contributed by atoms with Crippen LogP contribution >= 0.6 is 11.6 Å². The van der Waals surface area contributed by atoms with Crippen LogP contribution in [-0.4, -0.2) is 77.9 Å². The first-order chi connectivity index (χ1) is 15.0. The van der Waals surface area contributed by atoms with Gasteiger partial charge in [0, 0.05) is 57.3 Å². The molecule has 0 radical (unpaired) electrons. The number of carbonyl (C=O) groups excluding carboxylic acids is 2. The van der Waals surface area contributed by atoms with Crippen molar-refractivity contribution in [1.29, 1.82) is 0 Å². The van der Waals surface area contributed by atoms with Crippen molar-refractivity contribution < 1.29 is 14.3 Å². The predicted molar refractivity (Wildman–Crippen MR) is 122 cm³/mol. The first-order valence-electron chi connectivity index (χ1n) is 11.8. The lowest BCUT2D eigenvalue weighted by Gasteiger charge is -2.41. The van der Waals surface area contributed by atoms with Crippen molar-refractivity contribution in [2.45, 2.75) is 64.0 Å². The maximum absolute atomic E-state index is 13.1. The van der Waals surface area contributed by atoms with E-state index in [0.29, 0.717) is 22.4 Å². The minimum atomic E-state index is 0.0565. The number of halogens is 1. The van der Waals surface area contributed by atoms with E-state index in [2.05, 4.69) is 4.90 Å². The van der Waals surface area contributed by atoms with E-state index in [0.717, 1.165) is 77.8 Å². The van der Waals surface area contributed by atoms with Crippen molar-refractivity contribution in [1.82, 2.24) is 14.7 Å². The van der Waals surface area contributed by atoms with Gasteiger partial charge in [0.1, 0.15) is 11.9 Å². The Hall–Kier alpha value is -1.79. The molecule has 0 spiro atoms. The van der Waals surface area contributed by atoms with Crippen LogP contribution in [0.4, 0.5) is 0 Å². The van der Waals surface area contributed by atoms with Crippen LogP contribution < -0.4 is 4.74 Å². The Morgan fingerprint density at radius 3 is 2.23 bits per heavy atom. The van der Waals surface area contributed by atoms with Crippen LogP contribution in [0.3, 0.4) is 0 Å². The van der Waals surface area contributed by atoms with Gasteiger partial charge in [-0.3, -0.25) is 14.5 Å². The molecule has 0 N–H and O–H groups in total. The number of benzene rings is 1. The standard InChI is InChI=1S/C24H34ClN3O3/c1-18(29)26-13-7-20(8-14-26)27-15-9-21(10-16-27)31-23-17-19(25)5-6-22(23)24(30)28-11-3-2-4-12-28/h5-6,17,20-21H,2-4,7-16H2,1H3. The third kappa shape index (κ3) is 5.53. The van der Waals surface area contributed by atoms with Crippen LogP contribution in [0.2, 0.25) is 5.02 Å². The number of hydrogen-bond acceptors (Lipinski definition) is 4. The van der Waals surface area contributed by atoms with Gasteiger partial charge in [0.2, 0.25) is 5.91 Å². The molecule has 0 unspecified atom stereocenters. The van der Waals surface area contributed by atoms with Crippen molar-refractivity contribution in [3.63, 3.8) is 0 Å². The van der Waals surface area contributed by atoms with Crippen molar-refractivity contribution in [2.75, 3.05) is 39.3 Å². The molecule has 0 aliphatic carbocycles. The number of carbonyl (C=O) groups is 2. The van der Waals surface area contributed by atoms with E-state index < -0.39 is 0 Å². The van der Waals surface area contributed by atoms with Crippen molar-refractivity contribution in [2.24, 2.45) is 0 Å². The van der Waals surface area contributed by atoms with Gasteiger partial charge in [0.15, 0.2) is 0 Å². The van der Waals surface area contributed by atoms with Gasteiger partial charge in [0.25, 0.3) is 5.91 Å². The van der Waals surface area contributed by atoms with Crippen LogP contribution in [0.15, 0.2) is 18.2 Å². The number of amides is 2. The Balaban J connectivity index is 1.34. The van der Waals surface area contributed by atoms with Crippen LogP contribution in [0.25, 0.3) is 0 Å². The zero-order valence-corrected chi connectivity index (χ0v) is 19.3. The van der Waals surface area contributed by atoms with E-state index in [9.17, 15) is 9.59 Å². The summed E-state index contributed by atoms with van der Waals surface area (Å²) in [6.45, 7) is 7.01. The van der Waals surface area contributed by atoms with E-state index in [1.807, 2.05) is 15.9 Å². The summed E-state index contributed by atoms with van der Waals surface area (Å²) in [6.07, 6.45) is 7.41. The molecule has 4 rings (SSSR count). The predicted octanol–water partition coefficient (Wildman–Crippen LogP) is 3.82. The minimum Gasteiger partial charge on any atom is -0.489 e. The van der Waals surface area contributed by atoms with Gasteiger partial charge < -0.3 is 14.5 Å². The molecule has 1 aromatic carbocycles. The van der Waals surface area contributed by atoms with Crippen LogP contribution in [0, 0.1) is 0 Å².